The molecule has 1 aromatic rings. The van der Waals surface area contributed by atoms with Gasteiger partial charge in [0.05, 0.1) is 4.47 Å². The lowest BCUT2D eigenvalue weighted by molar-refractivity contribution is 0.467. The summed E-state index contributed by atoms with van der Waals surface area (Å²) in [6.45, 7) is 3.72. The van der Waals surface area contributed by atoms with Gasteiger partial charge in [0.2, 0.25) is 0 Å². The molecule has 0 fully saturated rings. The number of nitrogen functional groups attached to an aromatic ring is 1. The van der Waals surface area contributed by atoms with Crippen molar-refractivity contribution in [2.24, 2.45) is 0 Å². The average Bonchev–Trinajstić information content (AvgIpc) is 1.97. The van der Waals surface area contributed by atoms with E-state index >= 15 is 0 Å². The Bertz CT molecular complexity index is 270. The van der Waals surface area contributed by atoms with Crippen LogP contribution in [-0.2, 0) is 0 Å². The van der Waals surface area contributed by atoms with Crippen molar-refractivity contribution in [3.8, 4) is 5.75 Å². The van der Waals surface area contributed by atoms with Crippen LogP contribution in [0.25, 0.3) is 0 Å². The van der Waals surface area contributed by atoms with Gasteiger partial charge in [0, 0.05) is 5.69 Å². The zero-order valence-electron chi connectivity index (χ0n) is 6.48. The van der Waals surface area contributed by atoms with E-state index in [1.165, 1.54) is 0 Å². The van der Waals surface area contributed by atoms with Crippen LogP contribution in [0.4, 0.5) is 5.69 Å². The quantitative estimate of drug-likeness (QED) is 0.516. The number of aromatic hydroxyl groups is 1. The fourth-order valence-corrected chi connectivity index (χ4v) is 1.43. The van der Waals surface area contributed by atoms with Crippen molar-refractivity contribution in [1.82, 2.24) is 0 Å². The summed E-state index contributed by atoms with van der Waals surface area (Å²) in [5.41, 5.74) is 8.12. The number of halogens is 1. The average molecular weight is 216 g/mol. The van der Waals surface area contributed by atoms with E-state index in [1.807, 2.05) is 13.8 Å². The lowest BCUT2D eigenvalue weighted by Crippen LogP contribution is -1.92. The van der Waals surface area contributed by atoms with E-state index < -0.39 is 0 Å². The molecule has 0 spiro atoms. The lowest BCUT2D eigenvalue weighted by atomic mass is 10.1. The molecule has 0 saturated heterocycles. The first-order chi connectivity index (χ1) is 5.04. The van der Waals surface area contributed by atoms with Crippen LogP contribution in [0.1, 0.15) is 11.1 Å². The summed E-state index contributed by atoms with van der Waals surface area (Å²) in [6, 6.07) is 1.71. The maximum absolute atomic E-state index is 9.41. The second-order valence-electron chi connectivity index (χ2n) is 2.55. The van der Waals surface area contributed by atoms with Gasteiger partial charge in [-0.3, -0.25) is 0 Å². The summed E-state index contributed by atoms with van der Waals surface area (Å²) in [6.07, 6.45) is 0. The topological polar surface area (TPSA) is 46.2 Å². The maximum Gasteiger partial charge on any atom is 0.133 e. The Morgan fingerprint density at radius 3 is 2.45 bits per heavy atom. The molecular weight excluding hydrogens is 206 g/mol. The predicted molar refractivity (Wildman–Crippen MR) is 49.7 cm³/mol. The zero-order valence-corrected chi connectivity index (χ0v) is 8.07. The van der Waals surface area contributed by atoms with Gasteiger partial charge >= 0.3 is 0 Å². The van der Waals surface area contributed by atoms with Crippen LogP contribution in [-0.4, -0.2) is 5.11 Å². The third kappa shape index (κ3) is 1.33. The minimum atomic E-state index is 0.275. The maximum atomic E-state index is 9.41. The fourth-order valence-electron chi connectivity index (χ4n) is 0.886. The van der Waals surface area contributed by atoms with Crippen LogP contribution in [0.5, 0.6) is 5.75 Å². The zero-order chi connectivity index (χ0) is 8.59. The van der Waals surface area contributed by atoms with E-state index in [-0.39, 0.29) is 5.75 Å². The Morgan fingerprint density at radius 2 is 1.91 bits per heavy atom. The van der Waals surface area contributed by atoms with Gasteiger partial charge in [-0.15, -0.1) is 0 Å². The third-order valence-electron chi connectivity index (χ3n) is 1.86. The van der Waals surface area contributed by atoms with Crippen LogP contribution in [0.2, 0.25) is 0 Å². The van der Waals surface area contributed by atoms with E-state index in [1.54, 1.807) is 6.07 Å². The number of rotatable bonds is 0. The molecule has 0 radical (unpaired) electrons. The molecule has 0 unspecified atom stereocenters. The first-order valence-corrected chi connectivity index (χ1v) is 4.07. The highest BCUT2D eigenvalue weighted by atomic mass is 79.9. The summed E-state index contributed by atoms with van der Waals surface area (Å²) in [7, 11) is 0. The van der Waals surface area contributed by atoms with Gasteiger partial charge in [-0.2, -0.15) is 0 Å². The second kappa shape index (κ2) is 2.74. The Hall–Kier alpha value is -0.700. The molecule has 11 heavy (non-hydrogen) atoms. The lowest BCUT2D eigenvalue weighted by Gasteiger charge is -2.07. The Balaban J connectivity index is 3.46. The molecule has 0 bridgehead atoms. The summed E-state index contributed by atoms with van der Waals surface area (Å²) < 4.78 is 0.651. The fraction of sp³-hybridized carbons (Fsp3) is 0.250. The van der Waals surface area contributed by atoms with E-state index in [4.69, 9.17) is 5.73 Å². The number of hydrogen-bond acceptors (Lipinski definition) is 2. The van der Waals surface area contributed by atoms with Crippen molar-refractivity contribution in [3.05, 3.63) is 21.7 Å². The smallest absolute Gasteiger partial charge is 0.133 e. The van der Waals surface area contributed by atoms with E-state index in [9.17, 15) is 5.11 Å². The van der Waals surface area contributed by atoms with Crippen LogP contribution in [0.3, 0.4) is 0 Å². The Morgan fingerprint density at radius 1 is 1.36 bits per heavy atom. The molecular formula is C8H10BrNO. The van der Waals surface area contributed by atoms with Crippen molar-refractivity contribution >= 4 is 21.6 Å². The van der Waals surface area contributed by atoms with Crippen LogP contribution >= 0.6 is 15.9 Å². The molecule has 1 aromatic carbocycles. The third-order valence-corrected chi connectivity index (χ3v) is 2.46. The predicted octanol–water partition coefficient (Wildman–Crippen LogP) is 2.35. The highest BCUT2D eigenvalue weighted by Crippen LogP contribution is 2.32. The van der Waals surface area contributed by atoms with E-state index in [2.05, 4.69) is 15.9 Å². The molecule has 0 aromatic heterocycles. The number of nitrogens with two attached hydrogens (primary N) is 1. The van der Waals surface area contributed by atoms with Crippen molar-refractivity contribution in [1.29, 1.82) is 0 Å². The highest BCUT2D eigenvalue weighted by molar-refractivity contribution is 9.10. The van der Waals surface area contributed by atoms with Gasteiger partial charge in [0.1, 0.15) is 5.75 Å². The minimum Gasteiger partial charge on any atom is -0.506 e. The summed E-state index contributed by atoms with van der Waals surface area (Å²) in [5.74, 6) is 0.275. The molecule has 2 nitrogen and oxygen atoms in total. The number of hydrogen-bond donors (Lipinski definition) is 2. The van der Waals surface area contributed by atoms with Crippen LogP contribution in [0.15, 0.2) is 10.5 Å². The SMILES string of the molecule is Cc1c(N)cc(Br)c(O)c1C. The monoisotopic (exact) mass is 215 g/mol. The number of phenolic OH excluding ortho intramolecular Hbond substituents is 1. The van der Waals surface area contributed by atoms with Gasteiger partial charge in [-0.25, -0.2) is 0 Å². The number of anilines is 1. The molecule has 60 valence electrons. The van der Waals surface area contributed by atoms with Crippen molar-refractivity contribution in [2.75, 3.05) is 5.73 Å². The van der Waals surface area contributed by atoms with Crippen molar-refractivity contribution in [2.45, 2.75) is 13.8 Å². The molecule has 1 rings (SSSR count). The van der Waals surface area contributed by atoms with Gasteiger partial charge in [0.15, 0.2) is 0 Å². The highest BCUT2D eigenvalue weighted by Gasteiger charge is 2.06. The molecule has 0 aliphatic heterocycles. The summed E-state index contributed by atoms with van der Waals surface area (Å²) in [4.78, 5) is 0. The van der Waals surface area contributed by atoms with Crippen molar-refractivity contribution < 1.29 is 5.11 Å². The van der Waals surface area contributed by atoms with Gasteiger partial charge < -0.3 is 10.8 Å². The standard InChI is InChI=1S/C8H10BrNO/c1-4-5(2)8(11)6(9)3-7(4)10/h3,11H,10H2,1-2H3. The van der Waals surface area contributed by atoms with Gasteiger partial charge in [-0.05, 0) is 47.0 Å². The molecule has 3 heteroatoms. The molecule has 0 atom stereocenters. The molecule has 0 aliphatic rings. The van der Waals surface area contributed by atoms with E-state index in [0.717, 1.165) is 11.1 Å². The first-order valence-electron chi connectivity index (χ1n) is 3.28. The summed E-state index contributed by atoms with van der Waals surface area (Å²) in [5, 5.41) is 9.41. The summed E-state index contributed by atoms with van der Waals surface area (Å²) >= 11 is 3.20. The van der Waals surface area contributed by atoms with Crippen LogP contribution in [0, 0.1) is 13.8 Å². The molecule has 3 N–H and O–H groups in total. The minimum absolute atomic E-state index is 0.275. The number of phenols is 1. The second-order valence-corrected chi connectivity index (χ2v) is 3.40. The molecule has 0 heterocycles. The van der Waals surface area contributed by atoms with Crippen molar-refractivity contribution in [3.63, 3.8) is 0 Å². The van der Waals surface area contributed by atoms with Gasteiger partial charge in [0.25, 0.3) is 0 Å². The largest absolute Gasteiger partial charge is 0.506 e. The molecule has 0 aliphatic carbocycles. The van der Waals surface area contributed by atoms with Crippen LogP contribution < -0.4 is 5.73 Å². The Labute approximate surface area is 74.2 Å². The normalized spacial score (nSPS) is 10.1. The van der Waals surface area contributed by atoms with Gasteiger partial charge in [-0.1, -0.05) is 0 Å². The number of benzene rings is 1. The molecule has 0 saturated carbocycles. The Kier molecular flexibility index (Phi) is 2.09. The molecule has 0 amide bonds. The first kappa shape index (κ1) is 8.40. The van der Waals surface area contributed by atoms with E-state index in [0.29, 0.717) is 10.2 Å².